The average molecular weight is 459 g/mol. The topological polar surface area (TPSA) is 115 Å². The average Bonchev–Trinajstić information content (AvgIpc) is 3.25. The predicted molar refractivity (Wildman–Crippen MR) is 130 cm³/mol. The quantitative estimate of drug-likeness (QED) is 0.302. The molecule has 1 amide bonds. The van der Waals surface area contributed by atoms with Crippen LogP contribution in [-0.2, 0) is 19.3 Å². The van der Waals surface area contributed by atoms with Crippen LogP contribution in [0.2, 0.25) is 0 Å². The van der Waals surface area contributed by atoms with Crippen molar-refractivity contribution in [3.05, 3.63) is 77.0 Å². The van der Waals surface area contributed by atoms with E-state index in [4.69, 9.17) is 4.74 Å². The van der Waals surface area contributed by atoms with E-state index in [0.29, 0.717) is 25.0 Å². The second-order valence-corrected chi connectivity index (χ2v) is 8.62. The van der Waals surface area contributed by atoms with Crippen molar-refractivity contribution in [2.75, 3.05) is 13.7 Å². The van der Waals surface area contributed by atoms with Gasteiger partial charge in [-0.05, 0) is 77.4 Å². The molecule has 5 rings (SSSR count). The highest BCUT2D eigenvalue weighted by Gasteiger charge is 2.24. The number of para-hydroxylation sites is 1. The van der Waals surface area contributed by atoms with Gasteiger partial charge in [0.05, 0.1) is 25.3 Å². The van der Waals surface area contributed by atoms with Gasteiger partial charge in [-0.25, -0.2) is 0 Å². The minimum absolute atomic E-state index is 0.0736. The number of aromatic amines is 1. The number of aromatic hydroxyl groups is 2. The van der Waals surface area contributed by atoms with Crippen molar-refractivity contribution in [2.45, 2.75) is 25.3 Å². The van der Waals surface area contributed by atoms with Gasteiger partial charge in [-0.3, -0.25) is 4.79 Å². The maximum absolute atomic E-state index is 13.1. The molecule has 174 valence electrons. The summed E-state index contributed by atoms with van der Waals surface area (Å²) in [4.78, 5) is 16.4. The van der Waals surface area contributed by atoms with E-state index in [-0.39, 0.29) is 23.7 Å². The molecule has 5 N–H and O–H groups in total. The predicted octanol–water partition coefficient (Wildman–Crippen LogP) is 3.69. The zero-order valence-electron chi connectivity index (χ0n) is 18.8. The Balaban J connectivity index is 1.43. The van der Waals surface area contributed by atoms with E-state index in [1.165, 1.54) is 7.11 Å². The highest BCUT2D eigenvalue weighted by atomic mass is 16.5. The van der Waals surface area contributed by atoms with Gasteiger partial charge in [0.2, 0.25) is 0 Å². The first-order valence-electron chi connectivity index (χ1n) is 11.2. The van der Waals surface area contributed by atoms with Gasteiger partial charge in [-0.15, -0.1) is 0 Å². The second-order valence-electron chi connectivity index (χ2n) is 8.62. The van der Waals surface area contributed by atoms with Crippen molar-refractivity contribution in [2.24, 2.45) is 0 Å². The molecule has 7 nitrogen and oxygen atoms in total. The highest BCUT2D eigenvalue weighted by Crippen LogP contribution is 2.42. The number of aryl methyl sites for hydroxylation is 2. The number of nitrogens with one attached hydrogen (secondary N) is 2. The Morgan fingerprint density at radius 3 is 2.50 bits per heavy atom. The third-order valence-electron chi connectivity index (χ3n) is 6.52. The summed E-state index contributed by atoms with van der Waals surface area (Å²) in [6.45, 7) is -0.240. The lowest BCUT2D eigenvalue weighted by Crippen LogP contribution is -2.39. The molecule has 0 bridgehead atoms. The highest BCUT2D eigenvalue weighted by molar-refractivity contribution is 5.99. The summed E-state index contributed by atoms with van der Waals surface area (Å²) in [5.74, 6) is -0.138. The number of methoxy groups -OCH3 is 1. The first-order valence-corrected chi connectivity index (χ1v) is 11.2. The van der Waals surface area contributed by atoms with Crippen molar-refractivity contribution in [3.63, 3.8) is 0 Å². The van der Waals surface area contributed by atoms with Crippen LogP contribution in [0.4, 0.5) is 0 Å². The van der Waals surface area contributed by atoms with Gasteiger partial charge in [-0.2, -0.15) is 0 Å². The number of fused-ring (bicyclic) bond motifs is 4. The van der Waals surface area contributed by atoms with Crippen molar-refractivity contribution < 1.29 is 24.9 Å². The largest absolute Gasteiger partial charge is 0.507 e. The summed E-state index contributed by atoms with van der Waals surface area (Å²) in [7, 11) is 1.49. The Kier molecular flexibility index (Phi) is 5.63. The molecule has 0 saturated carbocycles. The zero-order valence-corrected chi connectivity index (χ0v) is 18.8. The van der Waals surface area contributed by atoms with E-state index in [9.17, 15) is 20.1 Å². The van der Waals surface area contributed by atoms with Crippen LogP contribution in [0.25, 0.3) is 22.0 Å². The third kappa shape index (κ3) is 3.84. The monoisotopic (exact) mass is 458 g/mol. The molecule has 1 heterocycles. The molecule has 0 radical (unpaired) electrons. The van der Waals surface area contributed by atoms with E-state index < -0.39 is 11.9 Å². The number of amides is 1. The minimum Gasteiger partial charge on any atom is -0.507 e. The summed E-state index contributed by atoms with van der Waals surface area (Å²) >= 11 is 0. The van der Waals surface area contributed by atoms with Gasteiger partial charge in [0, 0.05) is 17.1 Å². The SMILES string of the molecule is COc1cc2c(cc1O)CCc1cc(O)c(C(=O)N[C@@H](CO)Cc3c[nH]c4ccccc34)cc1-2. The zero-order chi connectivity index (χ0) is 23.8. The molecule has 0 saturated heterocycles. The Morgan fingerprint density at radius 2 is 1.76 bits per heavy atom. The standard InChI is InChI=1S/C27H26N2O5/c1-34-26-12-21-16(10-25(26)32)7-6-15-9-24(31)22(11-20(15)21)27(33)29-18(14-30)8-17-13-28-23-5-3-2-4-19(17)23/h2-5,9-13,18,28,30-32H,6-8,14H2,1H3,(H,29,33)/t18-/m1/s1. The number of ether oxygens (including phenoxy) is 1. The molecule has 0 aliphatic heterocycles. The van der Waals surface area contributed by atoms with Crippen LogP contribution in [0.5, 0.6) is 17.2 Å². The number of phenols is 2. The molecule has 1 atom stereocenters. The lowest BCUT2D eigenvalue weighted by atomic mass is 9.84. The number of carbonyl (C=O) groups excluding carboxylic acids is 1. The number of carbonyl (C=O) groups is 1. The Hall–Kier alpha value is -3.97. The Morgan fingerprint density at radius 1 is 1.06 bits per heavy atom. The van der Waals surface area contributed by atoms with Crippen LogP contribution in [0.1, 0.15) is 27.0 Å². The van der Waals surface area contributed by atoms with Gasteiger partial charge >= 0.3 is 0 Å². The van der Waals surface area contributed by atoms with Crippen molar-refractivity contribution in [3.8, 4) is 28.4 Å². The Bertz CT molecular complexity index is 1390. The fourth-order valence-electron chi connectivity index (χ4n) is 4.76. The molecule has 0 fully saturated rings. The van der Waals surface area contributed by atoms with Gasteiger partial charge in [-0.1, -0.05) is 18.2 Å². The maximum atomic E-state index is 13.1. The van der Waals surface area contributed by atoms with Crippen LogP contribution >= 0.6 is 0 Å². The number of aliphatic hydroxyl groups is 1. The molecule has 1 aliphatic rings. The molecule has 7 heteroatoms. The molecule has 4 aromatic rings. The number of rotatable bonds is 6. The van der Waals surface area contributed by atoms with Crippen molar-refractivity contribution in [1.29, 1.82) is 0 Å². The molecular weight excluding hydrogens is 432 g/mol. The smallest absolute Gasteiger partial charge is 0.255 e. The van der Waals surface area contributed by atoms with Crippen molar-refractivity contribution in [1.82, 2.24) is 10.3 Å². The van der Waals surface area contributed by atoms with E-state index in [1.807, 2.05) is 30.5 Å². The summed E-state index contributed by atoms with van der Waals surface area (Å²) in [5.41, 5.74) is 5.68. The molecule has 1 aliphatic carbocycles. The molecule has 0 spiro atoms. The molecule has 34 heavy (non-hydrogen) atoms. The van der Waals surface area contributed by atoms with E-state index >= 15 is 0 Å². The third-order valence-corrected chi connectivity index (χ3v) is 6.52. The first kappa shape index (κ1) is 21.9. The second kappa shape index (κ2) is 8.76. The van der Waals surface area contributed by atoms with E-state index in [0.717, 1.165) is 38.7 Å². The van der Waals surface area contributed by atoms with Crippen LogP contribution in [0.3, 0.4) is 0 Å². The molecular formula is C27H26N2O5. The minimum atomic E-state index is -0.522. The number of aliphatic hydroxyl groups excluding tert-OH is 1. The first-order chi connectivity index (χ1) is 16.5. The van der Waals surface area contributed by atoms with Crippen LogP contribution < -0.4 is 10.1 Å². The molecule has 1 aromatic heterocycles. The number of hydrogen-bond donors (Lipinski definition) is 5. The van der Waals surface area contributed by atoms with E-state index in [1.54, 1.807) is 24.3 Å². The fraction of sp³-hybridized carbons (Fsp3) is 0.222. The summed E-state index contributed by atoms with van der Waals surface area (Å²) < 4.78 is 5.27. The Labute approximate surface area is 196 Å². The number of aromatic nitrogens is 1. The van der Waals surface area contributed by atoms with Gasteiger partial charge < -0.3 is 30.4 Å². The number of hydrogen-bond acceptors (Lipinski definition) is 5. The number of phenolic OH excluding ortho intramolecular Hbond substituents is 2. The van der Waals surface area contributed by atoms with Crippen molar-refractivity contribution >= 4 is 16.8 Å². The summed E-state index contributed by atoms with van der Waals surface area (Å²) in [5, 5.41) is 34.6. The molecule has 0 unspecified atom stereocenters. The maximum Gasteiger partial charge on any atom is 0.255 e. The van der Waals surface area contributed by atoms with E-state index in [2.05, 4.69) is 10.3 Å². The van der Waals surface area contributed by atoms with Gasteiger partial charge in [0.25, 0.3) is 5.91 Å². The van der Waals surface area contributed by atoms with Crippen LogP contribution in [0, 0.1) is 0 Å². The molecule has 3 aromatic carbocycles. The fourth-order valence-corrected chi connectivity index (χ4v) is 4.76. The summed E-state index contributed by atoms with van der Waals surface area (Å²) in [6, 6.07) is 14.1. The summed E-state index contributed by atoms with van der Waals surface area (Å²) in [6.07, 6.45) is 3.72. The van der Waals surface area contributed by atoms with Gasteiger partial charge in [0.15, 0.2) is 11.5 Å². The lowest BCUT2D eigenvalue weighted by molar-refractivity contribution is 0.0914. The number of H-pyrrole nitrogens is 1. The van der Waals surface area contributed by atoms with Crippen LogP contribution in [0.15, 0.2) is 54.7 Å². The lowest BCUT2D eigenvalue weighted by Gasteiger charge is -2.23. The van der Waals surface area contributed by atoms with Crippen LogP contribution in [-0.4, -0.2) is 46.0 Å². The number of benzene rings is 3. The normalized spacial score (nSPS) is 13.2. The van der Waals surface area contributed by atoms with Gasteiger partial charge in [0.1, 0.15) is 5.75 Å².